The highest BCUT2D eigenvalue weighted by atomic mass is 16.3. The van der Waals surface area contributed by atoms with E-state index in [2.05, 4.69) is 47.0 Å². The van der Waals surface area contributed by atoms with Gasteiger partial charge in [0.2, 0.25) is 0 Å². The third-order valence-corrected chi connectivity index (χ3v) is 3.08. The number of aromatic hydroxyl groups is 1. The Bertz CT molecular complexity index is 416. The van der Waals surface area contributed by atoms with Crippen molar-refractivity contribution in [3.05, 3.63) is 23.3 Å². The summed E-state index contributed by atoms with van der Waals surface area (Å²) < 4.78 is 0. The molecule has 0 radical (unpaired) electrons. The zero-order valence-electron chi connectivity index (χ0n) is 13.5. The lowest BCUT2D eigenvalue weighted by Crippen LogP contribution is -2.22. The molecule has 2 N–H and O–H groups in total. The van der Waals surface area contributed by atoms with Crippen molar-refractivity contribution < 1.29 is 5.11 Å². The summed E-state index contributed by atoms with van der Waals surface area (Å²) in [6.45, 7) is 12.7. The SMILES string of the molecule is CN(C)Nc1cc(C(C)(C)C)c(O)c(C(C)(C)C)c1. The van der Waals surface area contributed by atoms with Gasteiger partial charge in [0.05, 0.1) is 0 Å². The van der Waals surface area contributed by atoms with Crippen molar-refractivity contribution in [3.63, 3.8) is 0 Å². The van der Waals surface area contributed by atoms with Crippen molar-refractivity contribution in [2.45, 2.75) is 52.4 Å². The third kappa shape index (κ3) is 3.87. The maximum atomic E-state index is 10.6. The summed E-state index contributed by atoms with van der Waals surface area (Å²) in [5.74, 6) is 0.421. The van der Waals surface area contributed by atoms with Gasteiger partial charge in [-0.15, -0.1) is 0 Å². The zero-order chi connectivity index (χ0) is 15.0. The van der Waals surface area contributed by atoms with Gasteiger partial charge < -0.3 is 10.5 Å². The van der Waals surface area contributed by atoms with E-state index in [1.54, 1.807) is 0 Å². The standard InChI is InChI=1S/C16H28N2O/c1-15(2,3)12-9-11(17-18(7)8)10-13(14(12)19)16(4,5)6/h9-10,17,19H,1-8H3. The van der Waals surface area contributed by atoms with Gasteiger partial charge in [-0.05, 0) is 23.0 Å². The van der Waals surface area contributed by atoms with E-state index in [1.807, 2.05) is 31.2 Å². The number of rotatable bonds is 2. The summed E-state index contributed by atoms with van der Waals surface area (Å²) in [6.07, 6.45) is 0. The van der Waals surface area contributed by atoms with Crippen molar-refractivity contribution in [1.82, 2.24) is 5.01 Å². The molecule has 0 aliphatic heterocycles. The second-order valence-corrected chi connectivity index (χ2v) is 7.43. The van der Waals surface area contributed by atoms with Crippen molar-refractivity contribution in [1.29, 1.82) is 0 Å². The lowest BCUT2D eigenvalue weighted by Gasteiger charge is -2.29. The lowest BCUT2D eigenvalue weighted by molar-refractivity contribution is 0.422. The van der Waals surface area contributed by atoms with E-state index < -0.39 is 0 Å². The Morgan fingerprint density at radius 2 is 1.26 bits per heavy atom. The molecule has 0 bridgehead atoms. The van der Waals surface area contributed by atoms with Crippen molar-refractivity contribution >= 4 is 5.69 Å². The van der Waals surface area contributed by atoms with Gasteiger partial charge in [-0.3, -0.25) is 0 Å². The molecule has 1 aromatic carbocycles. The fourth-order valence-electron chi connectivity index (χ4n) is 2.10. The Kier molecular flexibility index (Phi) is 4.20. The maximum absolute atomic E-state index is 10.6. The molecule has 0 spiro atoms. The van der Waals surface area contributed by atoms with Crippen LogP contribution in [0.2, 0.25) is 0 Å². The second-order valence-electron chi connectivity index (χ2n) is 7.43. The van der Waals surface area contributed by atoms with Crippen molar-refractivity contribution in [2.24, 2.45) is 0 Å². The van der Waals surface area contributed by atoms with Gasteiger partial charge in [-0.2, -0.15) is 0 Å². The first-order valence-corrected chi connectivity index (χ1v) is 6.75. The van der Waals surface area contributed by atoms with Crippen LogP contribution >= 0.6 is 0 Å². The predicted molar refractivity (Wildman–Crippen MR) is 82.8 cm³/mol. The van der Waals surface area contributed by atoms with Crippen LogP contribution in [0.3, 0.4) is 0 Å². The Labute approximate surface area is 117 Å². The number of hydrogen-bond acceptors (Lipinski definition) is 3. The van der Waals surface area contributed by atoms with Gasteiger partial charge in [0.15, 0.2) is 0 Å². The first-order valence-electron chi connectivity index (χ1n) is 6.75. The smallest absolute Gasteiger partial charge is 0.123 e. The van der Waals surface area contributed by atoms with E-state index in [0.29, 0.717) is 5.75 Å². The van der Waals surface area contributed by atoms with Crippen LogP contribution in [0.1, 0.15) is 52.7 Å². The highest BCUT2D eigenvalue weighted by Crippen LogP contribution is 2.40. The van der Waals surface area contributed by atoms with Crippen molar-refractivity contribution in [2.75, 3.05) is 19.5 Å². The Morgan fingerprint density at radius 1 is 0.895 bits per heavy atom. The molecule has 1 rings (SSSR count). The van der Waals surface area contributed by atoms with Crippen LogP contribution in [0.4, 0.5) is 5.69 Å². The van der Waals surface area contributed by atoms with E-state index in [0.717, 1.165) is 16.8 Å². The van der Waals surface area contributed by atoms with E-state index in [1.165, 1.54) is 0 Å². The summed E-state index contributed by atoms with van der Waals surface area (Å²) in [6, 6.07) is 4.06. The van der Waals surface area contributed by atoms with Crippen LogP contribution in [-0.2, 0) is 10.8 Å². The molecule has 19 heavy (non-hydrogen) atoms. The number of phenolic OH excluding ortho intramolecular Hbond substituents is 1. The highest BCUT2D eigenvalue weighted by Gasteiger charge is 2.26. The van der Waals surface area contributed by atoms with Gasteiger partial charge >= 0.3 is 0 Å². The summed E-state index contributed by atoms with van der Waals surface area (Å²) in [7, 11) is 3.92. The molecule has 1 aromatic rings. The number of hydrazine groups is 1. The van der Waals surface area contributed by atoms with E-state index in [-0.39, 0.29) is 10.8 Å². The van der Waals surface area contributed by atoms with Gasteiger partial charge in [0, 0.05) is 30.9 Å². The summed E-state index contributed by atoms with van der Waals surface area (Å²) >= 11 is 0. The number of anilines is 1. The number of phenols is 1. The summed E-state index contributed by atoms with van der Waals surface area (Å²) in [4.78, 5) is 0. The Balaban J connectivity index is 3.48. The first-order chi connectivity index (χ1) is 8.43. The molecule has 0 aliphatic rings. The third-order valence-electron chi connectivity index (χ3n) is 3.08. The Morgan fingerprint density at radius 3 is 1.53 bits per heavy atom. The molecule has 0 aromatic heterocycles. The van der Waals surface area contributed by atoms with Gasteiger partial charge in [-0.1, -0.05) is 41.5 Å². The summed E-state index contributed by atoms with van der Waals surface area (Å²) in [5, 5.41) is 12.5. The first kappa shape index (κ1) is 15.8. The quantitative estimate of drug-likeness (QED) is 0.628. The molecule has 0 heterocycles. The molecular weight excluding hydrogens is 236 g/mol. The number of nitrogens with one attached hydrogen (secondary N) is 1. The maximum Gasteiger partial charge on any atom is 0.123 e. The molecule has 0 unspecified atom stereocenters. The van der Waals surface area contributed by atoms with E-state index in [4.69, 9.17) is 0 Å². The normalized spacial score (nSPS) is 12.9. The van der Waals surface area contributed by atoms with Crippen LogP contribution in [-0.4, -0.2) is 24.2 Å². The van der Waals surface area contributed by atoms with E-state index >= 15 is 0 Å². The monoisotopic (exact) mass is 264 g/mol. The molecule has 0 saturated heterocycles. The molecular formula is C16H28N2O. The van der Waals surface area contributed by atoms with Gasteiger partial charge in [-0.25, -0.2) is 5.01 Å². The summed E-state index contributed by atoms with van der Waals surface area (Å²) in [5.41, 5.74) is 6.06. The molecule has 0 saturated carbocycles. The van der Waals surface area contributed by atoms with Crippen LogP contribution < -0.4 is 5.43 Å². The topological polar surface area (TPSA) is 35.5 Å². The number of nitrogens with zero attached hydrogens (tertiary/aromatic N) is 1. The highest BCUT2D eigenvalue weighted by molar-refractivity contribution is 5.58. The molecule has 0 fully saturated rings. The molecule has 3 heteroatoms. The van der Waals surface area contributed by atoms with Crippen LogP contribution in [0.5, 0.6) is 5.75 Å². The average Bonchev–Trinajstić information content (AvgIpc) is 2.16. The number of hydrogen-bond donors (Lipinski definition) is 2. The second kappa shape index (κ2) is 5.04. The fourth-order valence-corrected chi connectivity index (χ4v) is 2.10. The molecule has 0 atom stereocenters. The molecule has 0 amide bonds. The van der Waals surface area contributed by atoms with E-state index in [9.17, 15) is 5.11 Å². The Hall–Kier alpha value is -1.22. The minimum absolute atomic E-state index is 0.0892. The average molecular weight is 264 g/mol. The lowest BCUT2D eigenvalue weighted by atomic mass is 9.79. The zero-order valence-corrected chi connectivity index (χ0v) is 13.5. The van der Waals surface area contributed by atoms with Gasteiger partial charge in [0.1, 0.15) is 5.75 Å². The molecule has 108 valence electrons. The minimum atomic E-state index is -0.0892. The van der Waals surface area contributed by atoms with Crippen LogP contribution in [0.15, 0.2) is 12.1 Å². The number of benzene rings is 1. The molecule has 0 aliphatic carbocycles. The minimum Gasteiger partial charge on any atom is -0.507 e. The van der Waals surface area contributed by atoms with Crippen molar-refractivity contribution in [3.8, 4) is 5.75 Å². The van der Waals surface area contributed by atoms with Gasteiger partial charge in [0.25, 0.3) is 0 Å². The largest absolute Gasteiger partial charge is 0.507 e. The van der Waals surface area contributed by atoms with Crippen LogP contribution in [0, 0.1) is 0 Å². The fraction of sp³-hybridized carbons (Fsp3) is 0.625. The van der Waals surface area contributed by atoms with Crippen LogP contribution in [0.25, 0.3) is 0 Å². The molecule has 3 nitrogen and oxygen atoms in total. The predicted octanol–water partition coefficient (Wildman–Crippen LogP) is 3.88.